The predicted molar refractivity (Wildman–Crippen MR) is 125 cm³/mol. The van der Waals surface area contributed by atoms with Crippen molar-refractivity contribution in [3.63, 3.8) is 0 Å². The molecule has 0 radical (unpaired) electrons. The second-order valence-electron chi connectivity index (χ2n) is 7.52. The van der Waals surface area contributed by atoms with E-state index in [9.17, 15) is 4.79 Å². The van der Waals surface area contributed by atoms with Gasteiger partial charge in [-0.05, 0) is 43.7 Å². The van der Waals surface area contributed by atoms with E-state index in [1.54, 1.807) is 25.3 Å². The van der Waals surface area contributed by atoms with E-state index in [-0.39, 0.29) is 12.7 Å². The van der Waals surface area contributed by atoms with E-state index in [4.69, 9.17) is 14.2 Å². The summed E-state index contributed by atoms with van der Waals surface area (Å²) in [5, 5.41) is 10.6. The Morgan fingerprint density at radius 1 is 1.21 bits per heavy atom. The van der Waals surface area contributed by atoms with E-state index < -0.39 is 0 Å². The van der Waals surface area contributed by atoms with Crippen LogP contribution >= 0.6 is 0 Å². The van der Waals surface area contributed by atoms with Crippen LogP contribution in [0.1, 0.15) is 35.0 Å². The summed E-state index contributed by atoms with van der Waals surface area (Å²) in [5.41, 5.74) is 3.01. The molecule has 3 aromatic rings. The molecule has 172 valence electrons. The summed E-state index contributed by atoms with van der Waals surface area (Å²) in [6.45, 7) is 5.41. The summed E-state index contributed by atoms with van der Waals surface area (Å²) < 4.78 is 18.1. The van der Waals surface area contributed by atoms with Gasteiger partial charge in [0.1, 0.15) is 5.75 Å². The number of hydrogen-bond acceptors (Lipinski definition) is 6. The first-order chi connectivity index (χ1) is 16.1. The number of ether oxygens (including phenoxy) is 3. The van der Waals surface area contributed by atoms with Crippen LogP contribution in [0.15, 0.2) is 53.7 Å². The quantitative estimate of drug-likeness (QED) is 0.421. The maximum Gasteiger partial charge on any atom is 0.258 e. The van der Waals surface area contributed by atoms with Crippen LogP contribution in [0.25, 0.3) is 0 Å². The Morgan fingerprint density at radius 3 is 2.85 bits per heavy atom. The summed E-state index contributed by atoms with van der Waals surface area (Å²) >= 11 is 0. The predicted octanol–water partition coefficient (Wildman–Crippen LogP) is 3.74. The molecule has 0 aliphatic carbocycles. The summed E-state index contributed by atoms with van der Waals surface area (Å²) in [6, 6.07) is 12.5. The second-order valence-corrected chi connectivity index (χ2v) is 7.52. The van der Waals surface area contributed by atoms with Gasteiger partial charge in [-0.25, -0.2) is 4.99 Å². The molecular weight excluding hydrogens is 422 g/mol. The van der Waals surface area contributed by atoms with Crippen molar-refractivity contribution in [2.24, 2.45) is 4.99 Å². The van der Waals surface area contributed by atoms with Gasteiger partial charge in [-0.3, -0.25) is 14.8 Å². The molecule has 1 amide bonds. The molecule has 2 heterocycles. The van der Waals surface area contributed by atoms with E-state index in [1.807, 2.05) is 42.1 Å². The fraction of sp³-hybridized carbons (Fsp3) is 0.292. The van der Waals surface area contributed by atoms with Gasteiger partial charge in [0.2, 0.25) is 12.8 Å². The SMILES string of the molecule is CCCn1cc(CN=C(NC(=O)c2ccc3c(c2)OCO3)Nc2ccccc2OC)c(C)n1. The van der Waals surface area contributed by atoms with Gasteiger partial charge < -0.3 is 19.5 Å². The van der Waals surface area contributed by atoms with Crippen molar-refractivity contribution in [2.75, 3.05) is 19.2 Å². The molecule has 2 aromatic carbocycles. The number of aromatic nitrogens is 2. The van der Waals surface area contributed by atoms with E-state index in [0.717, 1.165) is 24.2 Å². The first-order valence-corrected chi connectivity index (χ1v) is 10.8. The first kappa shape index (κ1) is 22.2. The zero-order chi connectivity index (χ0) is 23.2. The zero-order valence-corrected chi connectivity index (χ0v) is 18.9. The van der Waals surface area contributed by atoms with E-state index in [0.29, 0.717) is 41.0 Å². The number of anilines is 1. The van der Waals surface area contributed by atoms with Gasteiger partial charge in [0, 0.05) is 23.9 Å². The second kappa shape index (κ2) is 10.1. The number of aliphatic imine (C=N–C) groups is 1. The van der Waals surface area contributed by atoms with Crippen molar-refractivity contribution in [1.29, 1.82) is 0 Å². The number of amides is 1. The number of carbonyl (C=O) groups is 1. The Kier molecular flexibility index (Phi) is 6.77. The number of guanidine groups is 1. The lowest BCUT2D eigenvalue weighted by atomic mass is 10.2. The van der Waals surface area contributed by atoms with Crippen LogP contribution in [0.4, 0.5) is 5.69 Å². The molecule has 0 saturated heterocycles. The average Bonchev–Trinajstić information content (AvgIpc) is 3.43. The number of fused-ring (bicyclic) bond motifs is 1. The molecule has 0 unspecified atom stereocenters. The topological polar surface area (TPSA) is 99.0 Å². The highest BCUT2D eigenvalue weighted by Gasteiger charge is 2.18. The van der Waals surface area contributed by atoms with Gasteiger partial charge in [-0.2, -0.15) is 5.10 Å². The Balaban J connectivity index is 1.58. The normalized spacial score (nSPS) is 12.5. The molecule has 1 aliphatic heterocycles. The maximum atomic E-state index is 13.0. The fourth-order valence-electron chi connectivity index (χ4n) is 3.43. The van der Waals surface area contributed by atoms with Gasteiger partial charge in [-0.15, -0.1) is 0 Å². The Hall–Kier alpha value is -4.01. The molecule has 4 rings (SSSR count). The Morgan fingerprint density at radius 2 is 2.03 bits per heavy atom. The third kappa shape index (κ3) is 5.25. The first-order valence-electron chi connectivity index (χ1n) is 10.8. The smallest absolute Gasteiger partial charge is 0.258 e. The van der Waals surface area contributed by atoms with Gasteiger partial charge in [0.25, 0.3) is 5.91 Å². The molecule has 1 aromatic heterocycles. The third-order valence-corrected chi connectivity index (χ3v) is 5.13. The van der Waals surface area contributed by atoms with Crippen molar-refractivity contribution < 1.29 is 19.0 Å². The number of rotatable bonds is 7. The molecule has 1 aliphatic rings. The van der Waals surface area contributed by atoms with Gasteiger partial charge in [-0.1, -0.05) is 19.1 Å². The summed E-state index contributed by atoms with van der Waals surface area (Å²) in [4.78, 5) is 17.6. The van der Waals surface area contributed by atoms with Crippen LogP contribution in [-0.2, 0) is 13.1 Å². The van der Waals surface area contributed by atoms with Crippen molar-refractivity contribution in [1.82, 2.24) is 15.1 Å². The molecule has 0 bridgehead atoms. The number of hydrogen-bond donors (Lipinski definition) is 2. The summed E-state index contributed by atoms with van der Waals surface area (Å²) in [5.74, 6) is 1.76. The summed E-state index contributed by atoms with van der Waals surface area (Å²) in [7, 11) is 1.59. The minimum Gasteiger partial charge on any atom is -0.495 e. The molecule has 0 saturated carbocycles. The zero-order valence-electron chi connectivity index (χ0n) is 18.9. The van der Waals surface area contributed by atoms with Gasteiger partial charge in [0.15, 0.2) is 11.5 Å². The molecular formula is C24H27N5O4. The van der Waals surface area contributed by atoms with Crippen LogP contribution in [0.2, 0.25) is 0 Å². The van der Waals surface area contributed by atoms with Crippen molar-refractivity contribution in [2.45, 2.75) is 33.4 Å². The number of aryl methyl sites for hydroxylation is 2. The highest BCUT2D eigenvalue weighted by atomic mass is 16.7. The van der Waals surface area contributed by atoms with Crippen LogP contribution in [0.3, 0.4) is 0 Å². The number of nitrogens with zero attached hydrogens (tertiary/aromatic N) is 3. The Labute approximate surface area is 192 Å². The van der Waals surface area contributed by atoms with Crippen molar-refractivity contribution in [3.05, 3.63) is 65.5 Å². The lowest BCUT2D eigenvalue weighted by Crippen LogP contribution is -2.36. The average molecular weight is 450 g/mol. The molecule has 9 nitrogen and oxygen atoms in total. The number of nitrogens with one attached hydrogen (secondary N) is 2. The van der Waals surface area contributed by atoms with Crippen LogP contribution in [-0.4, -0.2) is 35.5 Å². The molecule has 0 spiro atoms. The van der Waals surface area contributed by atoms with Crippen LogP contribution in [0, 0.1) is 6.92 Å². The minimum absolute atomic E-state index is 0.146. The molecule has 33 heavy (non-hydrogen) atoms. The Bertz CT molecular complexity index is 1170. The largest absolute Gasteiger partial charge is 0.495 e. The van der Waals surface area contributed by atoms with Crippen LogP contribution < -0.4 is 24.8 Å². The lowest BCUT2D eigenvalue weighted by molar-refractivity contribution is 0.0976. The van der Waals surface area contributed by atoms with Gasteiger partial charge >= 0.3 is 0 Å². The van der Waals surface area contributed by atoms with Crippen LogP contribution in [0.5, 0.6) is 17.2 Å². The molecule has 9 heteroatoms. The maximum absolute atomic E-state index is 13.0. The number of benzene rings is 2. The third-order valence-electron chi connectivity index (χ3n) is 5.13. The lowest BCUT2D eigenvalue weighted by Gasteiger charge is -2.14. The summed E-state index contributed by atoms with van der Waals surface area (Å²) in [6.07, 6.45) is 2.98. The van der Waals surface area contributed by atoms with E-state index >= 15 is 0 Å². The molecule has 0 fully saturated rings. The van der Waals surface area contributed by atoms with Gasteiger partial charge in [0.05, 0.1) is 25.0 Å². The fourth-order valence-corrected chi connectivity index (χ4v) is 3.43. The highest BCUT2D eigenvalue weighted by Crippen LogP contribution is 2.32. The highest BCUT2D eigenvalue weighted by molar-refractivity contribution is 6.10. The van der Waals surface area contributed by atoms with E-state index in [1.165, 1.54) is 0 Å². The van der Waals surface area contributed by atoms with E-state index in [2.05, 4.69) is 27.6 Å². The number of methoxy groups -OCH3 is 1. The van der Waals surface area contributed by atoms with Crippen molar-refractivity contribution in [3.8, 4) is 17.2 Å². The van der Waals surface area contributed by atoms with Crippen molar-refractivity contribution >= 4 is 17.6 Å². The molecule has 2 N–H and O–H groups in total. The standard InChI is InChI=1S/C24H27N5O4/c1-4-11-29-14-18(16(2)28-29)13-25-24(26-19-7-5-6-8-20(19)31-3)27-23(30)17-9-10-21-22(12-17)33-15-32-21/h5-10,12,14H,4,11,13,15H2,1-3H3,(H2,25,26,27,30). The minimum atomic E-state index is -0.326. The number of para-hydroxylation sites is 2. The molecule has 0 atom stereocenters. The monoisotopic (exact) mass is 449 g/mol. The number of carbonyl (C=O) groups excluding carboxylic acids is 1.